The Morgan fingerprint density at radius 1 is 0.966 bits per heavy atom. The molecule has 0 fully saturated rings. The summed E-state index contributed by atoms with van der Waals surface area (Å²) in [6.45, 7) is -1.16. The predicted molar refractivity (Wildman–Crippen MR) is 101 cm³/mol. The summed E-state index contributed by atoms with van der Waals surface area (Å²) >= 11 is 0. The molecule has 0 saturated heterocycles. The summed E-state index contributed by atoms with van der Waals surface area (Å²) in [5, 5.41) is 2.55. The lowest BCUT2D eigenvalue weighted by Crippen LogP contribution is -2.36. The Morgan fingerprint density at radius 2 is 1.62 bits per heavy atom. The molecule has 150 valence electrons. The first-order valence-corrected chi connectivity index (χ1v) is 8.57. The fourth-order valence-electron chi connectivity index (χ4n) is 2.79. The molecule has 0 spiro atoms. The van der Waals surface area contributed by atoms with E-state index in [9.17, 15) is 19.2 Å². The van der Waals surface area contributed by atoms with Gasteiger partial charge in [0.2, 0.25) is 0 Å². The fraction of sp³-hybridized carbons (Fsp3) is 0.200. The third-order valence-corrected chi connectivity index (χ3v) is 4.21. The second kappa shape index (κ2) is 8.42. The molecule has 9 heteroatoms. The van der Waals surface area contributed by atoms with Gasteiger partial charge in [0, 0.05) is 6.07 Å². The van der Waals surface area contributed by atoms with Crippen molar-refractivity contribution in [3.63, 3.8) is 0 Å². The molecular formula is C20H18N2O7. The zero-order chi connectivity index (χ0) is 21.0. The van der Waals surface area contributed by atoms with Crippen LogP contribution in [0.5, 0.6) is 11.5 Å². The first-order valence-electron chi connectivity index (χ1n) is 8.57. The topological polar surface area (TPSA) is 111 Å². The first kappa shape index (κ1) is 19.9. The lowest BCUT2D eigenvalue weighted by molar-refractivity contribution is -0.147. The molecule has 2 aromatic carbocycles. The Bertz CT molecular complexity index is 952. The Balaban J connectivity index is 1.54. The lowest BCUT2D eigenvalue weighted by Gasteiger charge is -2.14. The molecule has 0 aromatic heterocycles. The maximum atomic E-state index is 12.2. The monoisotopic (exact) mass is 398 g/mol. The second-order valence-electron chi connectivity index (χ2n) is 6.02. The van der Waals surface area contributed by atoms with Gasteiger partial charge in [-0.05, 0) is 24.3 Å². The van der Waals surface area contributed by atoms with Gasteiger partial charge >= 0.3 is 5.97 Å². The number of esters is 1. The number of methoxy groups -OCH3 is 2. The number of amides is 3. The van der Waals surface area contributed by atoms with Gasteiger partial charge in [-0.2, -0.15) is 0 Å². The Kier molecular flexibility index (Phi) is 5.77. The fourth-order valence-corrected chi connectivity index (χ4v) is 2.79. The highest BCUT2D eigenvalue weighted by molar-refractivity contribution is 6.22. The summed E-state index contributed by atoms with van der Waals surface area (Å²) in [4.78, 5) is 49.3. The zero-order valence-corrected chi connectivity index (χ0v) is 15.8. The maximum absolute atomic E-state index is 12.2. The van der Waals surface area contributed by atoms with Crippen LogP contribution in [0.25, 0.3) is 0 Å². The molecule has 0 aliphatic carbocycles. The third kappa shape index (κ3) is 4.18. The number of carbonyl (C=O) groups excluding carboxylic acids is 4. The van der Waals surface area contributed by atoms with E-state index in [2.05, 4.69) is 5.32 Å². The number of nitrogens with one attached hydrogen (secondary N) is 1. The Hall–Kier alpha value is -3.88. The van der Waals surface area contributed by atoms with Crippen molar-refractivity contribution < 1.29 is 33.4 Å². The maximum Gasteiger partial charge on any atom is 0.326 e. The molecule has 2 aromatic rings. The number of imide groups is 1. The second-order valence-corrected chi connectivity index (χ2v) is 6.02. The van der Waals surface area contributed by atoms with Crippen LogP contribution in [0.4, 0.5) is 5.69 Å². The number of nitrogens with zero attached hydrogens (tertiary/aromatic N) is 1. The minimum atomic E-state index is -0.878. The third-order valence-electron chi connectivity index (χ3n) is 4.21. The van der Waals surface area contributed by atoms with E-state index in [1.165, 1.54) is 26.4 Å². The minimum Gasteiger partial charge on any atom is -0.497 e. The Morgan fingerprint density at radius 3 is 2.21 bits per heavy atom. The number of rotatable bonds is 7. The van der Waals surface area contributed by atoms with Gasteiger partial charge in [0.1, 0.15) is 18.0 Å². The molecule has 0 atom stereocenters. The summed E-state index contributed by atoms with van der Waals surface area (Å²) in [5.74, 6) is -1.72. The van der Waals surface area contributed by atoms with Crippen molar-refractivity contribution in [2.75, 3.05) is 32.7 Å². The van der Waals surface area contributed by atoms with Crippen LogP contribution in [0.15, 0.2) is 42.5 Å². The summed E-state index contributed by atoms with van der Waals surface area (Å²) in [6, 6.07) is 11.1. The van der Waals surface area contributed by atoms with Crippen LogP contribution in [0.3, 0.4) is 0 Å². The molecule has 0 unspecified atom stereocenters. The highest BCUT2D eigenvalue weighted by Crippen LogP contribution is 2.29. The molecule has 1 heterocycles. The van der Waals surface area contributed by atoms with E-state index in [0.29, 0.717) is 17.2 Å². The van der Waals surface area contributed by atoms with Crippen molar-refractivity contribution in [3.8, 4) is 11.5 Å². The molecule has 0 bridgehead atoms. The van der Waals surface area contributed by atoms with E-state index in [-0.39, 0.29) is 11.1 Å². The summed E-state index contributed by atoms with van der Waals surface area (Å²) in [6.07, 6.45) is 0. The molecule has 9 nitrogen and oxygen atoms in total. The largest absolute Gasteiger partial charge is 0.497 e. The van der Waals surface area contributed by atoms with Gasteiger partial charge in [-0.3, -0.25) is 24.1 Å². The van der Waals surface area contributed by atoms with Crippen LogP contribution in [0.1, 0.15) is 20.7 Å². The average Bonchev–Trinajstić information content (AvgIpc) is 2.97. The van der Waals surface area contributed by atoms with Crippen molar-refractivity contribution in [2.24, 2.45) is 0 Å². The van der Waals surface area contributed by atoms with E-state index in [0.717, 1.165) is 4.90 Å². The molecule has 29 heavy (non-hydrogen) atoms. The van der Waals surface area contributed by atoms with Crippen molar-refractivity contribution in [1.29, 1.82) is 0 Å². The number of benzene rings is 2. The van der Waals surface area contributed by atoms with E-state index in [1.54, 1.807) is 30.3 Å². The summed E-state index contributed by atoms with van der Waals surface area (Å²) < 4.78 is 15.1. The Labute approximate surface area is 166 Å². The van der Waals surface area contributed by atoms with Gasteiger partial charge in [-0.1, -0.05) is 12.1 Å². The predicted octanol–water partition coefficient (Wildman–Crippen LogP) is 1.48. The van der Waals surface area contributed by atoms with Gasteiger partial charge in [-0.25, -0.2) is 0 Å². The van der Waals surface area contributed by atoms with Gasteiger partial charge in [-0.15, -0.1) is 0 Å². The quantitative estimate of drug-likeness (QED) is 0.555. The van der Waals surface area contributed by atoms with Gasteiger partial charge < -0.3 is 19.5 Å². The molecule has 3 amide bonds. The summed E-state index contributed by atoms with van der Waals surface area (Å²) in [7, 11) is 2.94. The van der Waals surface area contributed by atoms with Crippen LogP contribution in [0.2, 0.25) is 0 Å². The lowest BCUT2D eigenvalue weighted by atomic mass is 10.1. The van der Waals surface area contributed by atoms with Crippen molar-refractivity contribution in [2.45, 2.75) is 0 Å². The molecule has 0 radical (unpaired) electrons. The number of hydrogen-bond acceptors (Lipinski definition) is 7. The highest BCUT2D eigenvalue weighted by atomic mass is 16.5. The SMILES string of the molecule is COc1ccc(NC(=O)COC(=O)CN2C(=O)c3ccccc3C2=O)c(OC)c1. The van der Waals surface area contributed by atoms with E-state index in [1.807, 2.05) is 0 Å². The number of carbonyl (C=O) groups is 4. The molecule has 3 rings (SSSR count). The van der Waals surface area contributed by atoms with Crippen LogP contribution >= 0.6 is 0 Å². The molecule has 1 aliphatic heterocycles. The van der Waals surface area contributed by atoms with Gasteiger partial charge in [0.25, 0.3) is 17.7 Å². The van der Waals surface area contributed by atoms with Gasteiger partial charge in [0.05, 0.1) is 31.0 Å². The number of ether oxygens (including phenoxy) is 3. The summed E-state index contributed by atoms with van der Waals surface area (Å²) in [5.41, 5.74) is 0.832. The average molecular weight is 398 g/mol. The van der Waals surface area contributed by atoms with Crippen LogP contribution in [0, 0.1) is 0 Å². The standard InChI is InChI=1S/C20H18N2O7/c1-27-12-7-8-15(16(9-12)28-2)21-17(23)11-29-18(24)10-22-19(25)13-5-3-4-6-14(13)20(22)26/h3-9H,10-11H2,1-2H3,(H,21,23). The normalized spacial score (nSPS) is 12.4. The number of fused-ring (bicyclic) bond motifs is 1. The van der Waals surface area contributed by atoms with Crippen LogP contribution in [-0.4, -0.2) is 56.0 Å². The minimum absolute atomic E-state index is 0.231. The van der Waals surface area contributed by atoms with Crippen molar-refractivity contribution in [1.82, 2.24) is 4.90 Å². The van der Waals surface area contributed by atoms with E-state index < -0.39 is 36.8 Å². The molecule has 0 saturated carbocycles. The smallest absolute Gasteiger partial charge is 0.326 e. The zero-order valence-electron chi connectivity index (χ0n) is 15.8. The molecule has 1 N–H and O–H groups in total. The van der Waals surface area contributed by atoms with Crippen molar-refractivity contribution >= 4 is 29.4 Å². The first-order chi connectivity index (χ1) is 13.9. The van der Waals surface area contributed by atoms with Gasteiger partial charge in [0.15, 0.2) is 6.61 Å². The molecular weight excluding hydrogens is 380 g/mol. The molecule has 1 aliphatic rings. The van der Waals surface area contributed by atoms with Crippen LogP contribution in [-0.2, 0) is 14.3 Å². The highest BCUT2D eigenvalue weighted by Gasteiger charge is 2.36. The van der Waals surface area contributed by atoms with E-state index >= 15 is 0 Å². The van der Waals surface area contributed by atoms with Crippen LogP contribution < -0.4 is 14.8 Å². The number of hydrogen-bond donors (Lipinski definition) is 1. The van der Waals surface area contributed by atoms with E-state index in [4.69, 9.17) is 14.2 Å². The number of anilines is 1. The van der Waals surface area contributed by atoms with Crippen molar-refractivity contribution in [3.05, 3.63) is 53.6 Å².